The zero-order valence-corrected chi connectivity index (χ0v) is 23.5. The number of anilines is 4. The van der Waals surface area contributed by atoms with E-state index in [0.29, 0.717) is 38.8 Å². The molecule has 202 valence electrons. The van der Waals surface area contributed by atoms with Crippen LogP contribution in [0.25, 0.3) is 0 Å². The maximum absolute atomic E-state index is 12.8. The third-order valence-corrected chi connectivity index (χ3v) is 8.05. The number of carbonyl (C=O) groups excluding carboxylic acids is 1. The molecule has 39 heavy (non-hydrogen) atoms. The molecule has 3 aromatic rings. The highest BCUT2D eigenvalue weighted by molar-refractivity contribution is 7.17. The normalized spacial score (nSPS) is 16.1. The number of benzene rings is 1. The molecule has 1 amide bonds. The molecule has 0 unspecified atom stereocenters. The van der Waals surface area contributed by atoms with Crippen molar-refractivity contribution in [2.75, 3.05) is 48.3 Å². The van der Waals surface area contributed by atoms with Crippen LogP contribution in [-0.4, -0.2) is 64.1 Å². The third kappa shape index (κ3) is 6.71. The van der Waals surface area contributed by atoms with Crippen LogP contribution in [0.5, 0.6) is 0 Å². The monoisotopic (exact) mass is 563 g/mol. The maximum Gasteiger partial charge on any atom is 0.267 e. The fourth-order valence-corrected chi connectivity index (χ4v) is 5.48. The van der Waals surface area contributed by atoms with Gasteiger partial charge in [-0.2, -0.15) is 10.2 Å². The molecule has 1 fully saturated rings. The molecule has 1 saturated heterocycles. The fraction of sp³-hybridized carbons (Fsp3) is 0.407. The second-order valence-corrected chi connectivity index (χ2v) is 11.1. The lowest BCUT2D eigenvalue weighted by atomic mass is 10.0. The van der Waals surface area contributed by atoms with E-state index in [2.05, 4.69) is 51.5 Å². The molecule has 2 N–H and O–H groups in total. The number of para-hydroxylation sites is 1. The van der Waals surface area contributed by atoms with E-state index in [0.717, 1.165) is 56.9 Å². The van der Waals surface area contributed by atoms with Crippen LogP contribution in [0, 0.1) is 26.2 Å². The molecule has 12 heteroatoms. The highest BCUT2D eigenvalue weighted by atomic mass is 35.5. The Hall–Kier alpha value is -3.59. The van der Waals surface area contributed by atoms with Gasteiger partial charge in [0.15, 0.2) is 10.8 Å². The molecule has 2 aliphatic rings. The Morgan fingerprint density at radius 2 is 1.97 bits per heavy atom. The third-order valence-electron chi connectivity index (χ3n) is 6.83. The van der Waals surface area contributed by atoms with Gasteiger partial charge in [-0.15, -0.1) is 12.3 Å². The van der Waals surface area contributed by atoms with Crippen molar-refractivity contribution in [3.05, 3.63) is 51.7 Å². The molecule has 0 atom stereocenters. The average Bonchev–Trinajstić information content (AvgIpc) is 3.55. The van der Waals surface area contributed by atoms with Crippen LogP contribution in [0.1, 0.15) is 40.3 Å². The molecule has 10 nitrogen and oxygen atoms in total. The van der Waals surface area contributed by atoms with Crippen molar-refractivity contribution in [2.24, 2.45) is 10.2 Å². The van der Waals surface area contributed by atoms with Crippen molar-refractivity contribution in [3.63, 3.8) is 0 Å². The Labute approximate surface area is 236 Å². The Bertz CT molecular complexity index is 1400. The summed E-state index contributed by atoms with van der Waals surface area (Å²) in [6, 6.07) is 7.42. The summed E-state index contributed by atoms with van der Waals surface area (Å²) < 4.78 is 0. The summed E-state index contributed by atoms with van der Waals surface area (Å²) >= 11 is 7.50. The van der Waals surface area contributed by atoms with Crippen LogP contribution >= 0.6 is 22.9 Å². The highest BCUT2D eigenvalue weighted by Gasteiger charge is 2.39. The van der Waals surface area contributed by atoms with Gasteiger partial charge in [0.2, 0.25) is 0 Å². The van der Waals surface area contributed by atoms with Gasteiger partial charge < -0.3 is 15.5 Å². The van der Waals surface area contributed by atoms with E-state index >= 15 is 0 Å². The molecule has 5 rings (SSSR count). The topological polar surface area (TPSA) is 111 Å². The van der Waals surface area contributed by atoms with Gasteiger partial charge >= 0.3 is 0 Å². The van der Waals surface area contributed by atoms with Gasteiger partial charge in [0.25, 0.3) is 5.91 Å². The number of halogens is 1. The van der Waals surface area contributed by atoms with E-state index in [1.807, 2.05) is 32.0 Å². The molecule has 1 aromatic carbocycles. The molecule has 4 heterocycles. The zero-order chi connectivity index (χ0) is 27.4. The molecule has 2 aliphatic heterocycles. The standard InChI is InChI=1S/C27H30ClN9OS/c1-4-5-9-27(34-35-27)10-11-36-12-14-37(15-13-36)23-16-22(30-19(3)31-23)32-26-29-17-21(39-26)25(38)33-24-18(2)7-6-8-20(24)28/h1,6-8,16-17H,5,9-15H2,2-3H3,(H,33,38)(H,29,30,31,32). The van der Waals surface area contributed by atoms with E-state index in [-0.39, 0.29) is 11.6 Å². The Balaban J connectivity index is 1.16. The Kier molecular flexibility index (Phi) is 8.07. The van der Waals surface area contributed by atoms with Crippen molar-refractivity contribution in [2.45, 2.75) is 38.8 Å². The van der Waals surface area contributed by atoms with Crippen molar-refractivity contribution >= 4 is 51.3 Å². The number of hydrogen-bond donors (Lipinski definition) is 2. The second-order valence-electron chi connectivity index (χ2n) is 9.66. The average molecular weight is 564 g/mol. The molecule has 0 bridgehead atoms. The number of rotatable bonds is 10. The number of piperazine rings is 1. The SMILES string of the molecule is C#CCCC1(CCN2CCN(c3cc(Nc4ncc(C(=O)Nc5c(C)cccc5Cl)s4)nc(C)n3)CC2)N=N1. The number of nitrogens with one attached hydrogen (secondary N) is 2. The van der Waals surface area contributed by atoms with Crippen LogP contribution in [-0.2, 0) is 0 Å². The summed E-state index contributed by atoms with van der Waals surface area (Å²) in [7, 11) is 0. The maximum atomic E-state index is 12.8. The minimum absolute atomic E-state index is 0.238. The van der Waals surface area contributed by atoms with E-state index in [4.69, 9.17) is 18.0 Å². The summed E-state index contributed by atoms with van der Waals surface area (Å²) in [5.41, 5.74) is 1.25. The number of carbonyl (C=O) groups is 1. The van der Waals surface area contributed by atoms with Crippen LogP contribution in [0.15, 0.2) is 40.7 Å². The van der Waals surface area contributed by atoms with Gasteiger partial charge in [-0.25, -0.2) is 15.0 Å². The van der Waals surface area contributed by atoms with Gasteiger partial charge in [0, 0.05) is 58.1 Å². The first-order valence-corrected chi connectivity index (χ1v) is 14.0. The second kappa shape index (κ2) is 11.7. The van der Waals surface area contributed by atoms with Crippen LogP contribution < -0.4 is 15.5 Å². The summed E-state index contributed by atoms with van der Waals surface area (Å²) in [5.74, 6) is 4.58. The fourth-order valence-electron chi connectivity index (χ4n) is 4.50. The van der Waals surface area contributed by atoms with Crippen molar-refractivity contribution in [1.29, 1.82) is 0 Å². The lowest BCUT2D eigenvalue weighted by Gasteiger charge is -2.35. The molecule has 0 aliphatic carbocycles. The van der Waals surface area contributed by atoms with Crippen LogP contribution in [0.3, 0.4) is 0 Å². The number of terminal acetylenes is 1. The predicted molar refractivity (Wildman–Crippen MR) is 155 cm³/mol. The number of hydrogen-bond acceptors (Lipinski definition) is 10. The summed E-state index contributed by atoms with van der Waals surface area (Å²) in [5, 5.41) is 15.7. The predicted octanol–water partition coefficient (Wildman–Crippen LogP) is 5.29. The highest BCUT2D eigenvalue weighted by Crippen LogP contribution is 2.36. The van der Waals surface area contributed by atoms with Gasteiger partial charge in [0.1, 0.15) is 22.3 Å². The lowest BCUT2D eigenvalue weighted by molar-refractivity contribution is 0.103. The molecular weight excluding hydrogens is 534 g/mol. The van der Waals surface area contributed by atoms with Crippen molar-refractivity contribution in [3.8, 4) is 12.3 Å². The van der Waals surface area contributed by atoms with E-state index in [9.17, 15) is 4.79 Å². The van der Waals surface area contributed by atoms with Crippen LogP contribution in [0.4, 0.5) is 22.5 Å². The first-order chi connectivity index (χ1) is 18.8. The largest absolute Gasteiger partial charge is 0.354 e. The minimum atomic E-state index is -0.264. The summed E-state index contributed by atoms with van der Waals surface area (Å²) in [6.45, 7) is 8.33. The van der Waals surface area contributed by atoms with E-state index in [1.54, 1.807) is 12.3 Å². The van der Waals surface area contributed by atoms with Crippen molar-refractivity contribution in [1.82, 2.24) is 19.9 Å². The quantitative estimate of drug-likeness (QED) is 0.322. The molecular formula is C27H30ClN9OS. The first-order valence-electron chi connectivity index (χ1n) is 12.8. The number of amides is 1. The molecule has 0 spiro atoms. The summed E-state index contributed by atoms with van der Waals surface area (Å²) in [6.07, 6.45) is 9.41. The molecule has 2 aromatic heterocycles. The minimum Gasteiger partial charge on any atom is -0.354 e. The van der Waals surface area contributed by atoms with Gasteiger partial charge in [-0.3, -0.25) is 9.69 Å². The van der Waals surface area contributed by atoms with E-state index in [1.165, 1.54) is 11.3 Å². The first kappa shape index (κ1) is 27.0. The number of thiazole rings is 1. The molecule has 0 saturated carbocycles. The molecule has 0 radical (unpaired) electrons. The number of aromatic nitrogens is 3. The van der Waals surface area contributed by atoms with Gasteiger partial charge in [-0.1, -0.05) is 35.1 Å². The Morgan fingerprint density at radius 1 is 1.18 bits per heavy atom. The zero-order valence-electron chi connectivity index (χ0n) is 21.9. The smallest absolute Gasteiger partial charge is 0.267 e. The van der Waals surface area contributed by atoms with Crippen molar-refractivity contribution < 1.29 is 4.79 Å². The van der Waals surface area contributed by atoms with Gasteiger partial charge in [-0.05, 0) is 25.5 Å². The Morgan fingerprint density at radius 3 is 2.69 bits per heavy atom. The van der Waals surface area contributed by atoms with E-state index < -0.39 is 0 Å². The van der Waals surface area contributed by atoms with Gasteiger partial charge in [0.05, 0.1) is 16.9 Å². The van der Waals surface area contributed by atoms with Crippen LogP contribution in [0.2, 0.25) is 5.02 Å². The summed E-state index contributed by atoms with van der Waals surface area (Å²) in [4.78, 5) is 31.5. The number of nitrogens with zero attached hydrogens (tertiary/aromatic N) is 7. The lowest BCUT2D eigenvalue weighted by Crippen LogP contribution is -2.47. The number of aryl methyl sites for hydroxylation is 2.